The lowest BCUT2D eigenvalue weighted by Gasteiger charge is -2.48. The Hall–Kier alpha value is -2.78. The van der Waals surface area contributed by atoms with Gasteiger partial charge in [-0.1, -0.05) is 51.1 Å². The van der Waals surface area contributed by atoms with E-state index in [1.807, 2.05) is 66.9 Å². The summed E-state index contributed by atoms with van der Waals surface area (Å²) in [5.41, 5.74) is -0.979. The molecular formula is C40H63N3O10. The van der Waals surface area contributed by atoms with Gasteiger partial charge in [-0.15, -0.1) is 0 Å². The van der Waals surface area contributed by atoms with Crippen LogP contribution in [0.2, 0.25) is 0 Å². The van der Waals surface area contributed by atoms with Gasteiger partial charge in [-0.05, 0) is 79.1 Å². The molecule has 1 aromatic rings. The smallest absolute Gasteiger partial charge is 0.316 e. The first-order valence-corrected chi connectivity index (χ1v) is 18.9. The Morgan fingerprint density at radius 3 is 2.43 bits per heavy atom. The maximum Gasteiger partial charge on any atom is 0.316 e. The number of carbonyl (C=O) groups excluding carboxylic acids is 2. The number of methoxy groups -OCH3 is 1. The number of oxime groups is 1. The van der Waals surface area contributed by atoms with Gasteiger partial charge in [0.2, 0.25) is 0 Å². The number of ether oxygens (including phenoxy) is 6. The lowest BCUT2D eigenvalue weighted by Crippen LogP contribution is -2.60. The zero-order valence-electron chi connectivity index (χ0n) is 33.6. The molecule has 0 aromatic carbocycles. The summed E-state index contributed by atoms with van der Waals surface area (Å²) in [4.78, 5) is 40.4. The monoisotopic (exact) mass is 745 g/mol. The Labute approximate surface area is 315 Å². The SMILES string of the molecule is C=C1[C@H](C)C[C@@]2(C)OC/C(=N/OCc3ccccn3)CO[C@H]([C@H]1C)[C@](C)(O)[C@@H](CC)OC(=O)C(C)C(=O)[C@H](C)[C@H]2O[C@@H]1O[C@H](C)C[C@H](N(C)C)[C@H]1OC. The fraction of sp³-hybridized carbons (Fsp3) is 0.750. The summed E-state index contributed by atoms with van der Waals surface area (Å²) < 4.78 is 38.8. The molecule has 1 N–H and O–H groups in total. The summed E-state index contributed by atoms with van der Waals surface area (Å²) in [6.45, 7) is 19.1. The average molecular weight is 746 g/mol. The quantitative estimate of drug-likeness (QED) is 0.170. The molecule has 13 atom stereocenters. The lowest BCUT2D eigenvalue weighted by atomic mass is 9.73. The van der Waals surface area contributed by atoms with Crippen molar-refractivity contribution in [1.82, 2.24) is 9.88 Å². The zero-order valence-corrected chi connectivity index (χ0v) is 33.6. The van der Waals surface area contributed by atoms with Crippen molar-refractivity contribution in [3.63, 3.8) is 0 Å². The molecule has 0 saturated carbocycles. The minimum Gasteiger partial charge on any atom is -0.459 e. The predicted molar refractivity (Wildman–Crippen MR) is 199 cm³/mol. The van der Waals surface area contributed by atoms with Crippen LogP contribution in [0.1, 0.15) is 80.3 Å². The third-order valence-corrected chi connectivity index (χ3v) is 11.5. The van der Waals surface area contributed by atoms with E-state index in [4.69, 9.17) is 33.3 Å². The van der Waals surface area contributed by atoms with E-state index >= 15 is 0 Å². The topological polar surface area (TPSA) is 147 Å². The van der Waals surface area contributed by atoms with E-state index in [0.29, 0.717) is 17.8 Å². The first-order valence-electron chi connectivity index (χ1n) is 18.9. The van der Waals surface area contributed by atoms with Crippen molar-refractivity contribution in [3.05, 3.63) is 42.2 Å². The van der Waals surface area contributed by atoms with Gasteiger partial charge >= 0.3 is 5.97 Å². The van der Waals surface area contributed by atoms with E-state index in [9.17, 15) is 14.7 Å². The molecule has 3 fully saturated rings. The Morgan fingerprint density at radius 2 is 1.81 bits per heavy atom. The number of aliphatic hydroxyl groups is 1. The number of hydrogen-bond acceptors (Lipinski definition) is 13. The van der Waals surface area contributed by atoms with Gasteiger partial charge in [0.25, 0.3) is 0 Å². The van der Waals surface area contributed by atoms with Gasteiger partial charge in [-0.25, -0.2) is 0 Å². The molecular weight excluding hydrogens is 682 g/mol. The van der Waals surface area contributed by atoms with Crippen LogP contribution in [0.3, 0.4) is 0 Å². The van der Waals surface area contributed by atoms with Crippen molar-refractivity contribution in [3.8, 4) is 0 Å². The third kappa shape index (κ3) is 9.91. The number of hydrogen-bond donors (Lipinski definition) is 1. The lowest BCUT2D eigenvalue weighted by molar-refractivity contribution is -0.300. The molecule has 1 aromatic heterocycles. The van der Waals surface area contributed by atoms with Gasteiger partial charge in [0.05, 0.1) is 42.8 Å². The maximum absolute atomic E-state index is 14.4. The molecule has 298 valence electrons. The summed E-state index contributed by atoms with van der Waals surface area (Å²) in [6, 6.07) is 5.49. The number of esters is 1. The van der Waals surface area contributed by atoms with Crippen LogP contribution in [0.5, 0.6) is 0 Å². The van der Waals surface area contributed by atoms with Crippen molar-refractivity contribution in [2.45, 2.75) is 135 Å². The molecule has 1 unspecified atom stereocenters. The summed E-state index contributed by atoms with van der Waals surface area (Å²) in [5, 5.41) is 16.7. The number of nitrogens with zero attached hydrogens (tertiary/aromatic N) is 3. The van der Waals surface area contributed by atoms with Crippen LogP contribution in [0.25, 0.3) is 0 Å². The summed E-state index contributed by atoms with van der Waals surface area (Å²) in [6.07, 6.45) is -1.31. The highest BCUT2D eigenvalue weighted by Crippen LogP contribution is 2.42. The number of cyclic esters (lactones) is 1. The van der Waals surface area contributed by atoms with E-state index in [2.05, 4.69) is 21.6 Å². The highest BCUT2D eigenvalue weighted by Gasteiger charge is 2.52. The molecule has 0 spiro atoms. The van der Waals surface area contributed by atoms with Gasteiger partial charge in [0.15, 0.2) is 18.7 Å². The highest BCUT2D eigenvalue weighted by molar-refractivity contribution is 6.00. The van der Waals surface area contributed by atoms with Crippen molar-refractivity contribution in [2.24, 2.45) is 28.8 Å². The van der Waals surface area contributed by atoms with Gasteiger partial charge < -0.3 is 43.3 Å². The first-order chi connectivity index (χ1) is 24.9. The molecule has 4 rings (SSSR count). The third-order valence-electron chi connectivity index (χ3n) is 11.5. The Bertz CT molecular complexity index is 1420. The van der Waals surface area contributed by atoms with Crippen molar-refractivity contribution < 1.29 is 48.0 Å². The normalized spacial score (nSPS) is 40.3. The van der Waals surface area contributed by atoms with Crippen LogP contribution >= 0.6 is 0 Å². The number of Topliss-reactive ketones (excluding diaryl/α,β-unsaturated/α-hetero) is 1. The molecule has 13 nitrogen and oxygen atoms in total. The van der Waals surface area contributed by atoms with Crippen LogP contribution in [0.4, 0.5) is 0 Å². The van der Waals surface area contributed by atoms with E-state index in [1.54, 1.807) is 27.2 Å². The fourth-order valence-corrected chi connectivity index (χ4v) is 8.20. The Kier molecular flexibility index (Phi) is 14.8. The van der Waals surface area contributed by atoms with Crippen LogP contribution in [-0.2, 0) is 49.5 Å². The Morgan fingerprint density at radius 1 is 1.09 bits per heavy atom. The molecule has 13 heteroatoms. The van der Waals surface area contributed by atoms with Crippen molar-refractivity contribution in [1.29, 1.82) is 0 Å². The molecule has 2 bridgehead atoms. The minimum absolute atomic E-state index is 0.0316. The number of aromatic nitrogens is 1. The van der Waals surface area contributed by atoms with Crippen LogP contribution in [0, 0.1) is 23.7 Å². The van der Waals surface area contributed by atoms with Crippen molar-refractivity contribution in [2.75, 3.05) is 34.4 Å². The number of pyridine rings is 1. The van der Waals surface area contributed by atoms with Crippen LogP contribution in [0.15, 0.2) is 41.7 Å². The maximum atomic E-state index is 14.4. The average Bonchev–Trinajstić information content (AvgIpc) is 3.13. The number of ketones is 1. The zero-order chi connectivity index (χ0) is 39.2. The number of fused-ring (bicyclic) bond motifs is 5. The fourth-order valence-electron chi connectivity index (χ4n) is 8.20. The number of rotatable bonds is 8. The summed E-state index contributed by atoms with van der Waals surface area (Å²) in [7, 11) is 5.60. The molecule has 3 aliphatic rings. The standard InChI is InChI=1S/C40H63N3O10/c1-13-32-40(9,46)36-26(5)25(4)23(2)19-39(8,49-21-30(20-48-36)42-50-22-29-16-14-15-17-41-29)35(27(6)33(44)28(7)37(45)52-32)53-38-34(47-12)31(43(10)11)18-24(3)51-38/h14-17,23-24,26-28,31-32,34-36,38,46H,4,13,18-22H2,1-3,5-12H3/b42-30+/t23-,24-,26+,27+,28?,31+,32-,34-,35-,36-,38+,39-,40-/m1/s1. The van der Waals surface area contributed by atoms with Crippen LogP contribution in [-0.4, -0.2) is 121 Å². The van der Waals surface area contributed by atoms with E-state index in [1.165, 1.54) is 6.92 Å². The highest BCUT2D eigenvalue weighted by atomic mass is 16.7. The summed E-state index contributed by atoms with van der Waals surface area (Å²) >= 11 is 0. The van der Waals surface area contributed by atoms with E-state index in [0.717, 1.165) is 12.0 Å². The molecule has 4 heterocycles. The molecule has 53 heavy (non-hydrogen) atoms. The second-order valence-electron chi connectivity index (χ2n) is 15.9. The van der Waals surface area contributed by atoms with Gasteiger partial charge in [0.1, 0.15) is 29.4 Å². The van der Waals surface area contributed by atoms with Gasteiger partial charge in [-0.2, -0.15) is 0 Å². The second-order valence-corrected chi connectivity index (χ2v) is 15.9. The summed E-state index contributed by atoms with van der Waals surface area (Å²) in [5.74, 6) is -3.79. The minimum atomic E-state index is -1.68. The van der Waals surface area contributed by atoms with Gasteiger partial charge in [-0.3, -0.25) is 14.6 Å². The molecule has 3 aliphatic heterocycles. The number of likely N-dealkylation sites (N-methyl/N-ethyl adjacent to an activating group) is 1. The number of carbonyl (C=O) groups is 2. The van der Waals surface area contributed by atoms with Crippen LogP contribution < -0.4 is 0 Å². The largest absolute Gasteiger partial charge is 0.459 e. The van der Waals surface area contributed by atoms with Gasteiger partial charge in [0, 0.05) is 31.2 Å². The molecule has 0 amide bonds. The van der Waals surface area contributed by atoms with Crippen molar-refractivity contribution >= 4 is 17.5 Å². The van der Waals surface area contributed by atoms with E-state index in [-0.39, 0.29) is 44.3 Å². The predicted octanol–water partition coefficient (Wildman–Crippen LogP) is 4.74. The molecule has 3 saturated heterocycles. The Balaban J connectivity index is 1.88. The second kappa shape index (κ2) is 18.2. The van der Waals surface area contributed by atoms with E-state index < -0.39 is 71.4 Å². The molecule has 0 radical (unpaired) electrons. The molecule has 0 aliphatic carbocycles. The first kappa shape index (κ1) is 43.0.